The maximum Gasteiger partial charge on any atom is 0.164 e. The van der Waals surface area contributed by atoms with Gasteiger partial charge in [-0.1, -0.05) is 115 Å². The summed E-state index contributed by atoms with van der Waals surface area (Å²) >= 11 is 0. The highest BCUT2D eigenvalue weighted by atomic mass is 16.3. The number of hydrogen-bond acceptors (Lipinski definition) is 5. The van der Waals surface area contributed by atoms with Crippen molar-refractivity contribution < 1.29 is 4.42 Å². The van der Waals surface area contributed by atoms with E-state index in [1.54, 1.807) is 0 Å². The fourth-order valence-corrected chi connectivity index (χ4v) is 7.72. The zero-order chi connectivity index (χ0) is 33.5. The van der Waals surface area contributed by atoms with Crippen LogP contribution in [0.3, 0.4) is 0 Å². The van der Waals surface area contributed by atoms with Crippen LogP contribution in [0.15, 0.2) is 162 Å². The minimum atomic E-state index is 0.601. The van der Waals surface area contributed by atoms with Crippen LogP contribution in [-0.4, -0.2) is 19.9 Å². The van der Waals surface area contributed by atoms with Crippen molar-refractivity contribution in [1.29, 1.82) is 0 Å². The number of pyridine rings is 1. The lowest BCUT2D eigenvalue weighted by atomic mass is 9.96. The normalized spacial score (nSPS) is 11.9. The van der Waals surface area contributed by atoms with Crippen molar-refractivity contribution in [2.24, 2.45) is 0 Å². The van der Waals surface area contributed by atoms with E-state index >= 15 is 0 Å². The molecule has 0 aliphatic heterocycles. The van der Waals surface area contributed by atoms with Crippen LogP contribution in [0.5, 0.6) is 0 Å². The lowest BCUT2D eigenvalue weighted by Gasteiger charge is -2.11. The number of hydrogen-bond donors (Lipinski definition) is 0. The van der Waals surface area contributed by atoms with Crippen molar-refractivity contribution in [2.45, 2.75) is 0 Å². The van der Waals surface area contributed by atoms with Gasteiger partial charge < -0.3 is 4.42 Å². The standard InChI is InChI=1S/C46H26N4O/c1-2-9-30-22-31(21-18-27(30)8-1)45-48-44(49-46(50-45)37-13-7-15-41-43(37)36-12-5-6-14-40(36)51-41)29-19-16-28(17-20-29)32-23-33-25-47-26-39-35-11-4-3-10-34(35)38(24-32)42(33)39/h1-26H. The quantitative estimate of drug-likeness (QED) is 0.190. The molecular formula is C46H26N4O. The van der Waals surface area contributed by atoms with E-state index in [-0.39, 0.29) is 0 Å². The molecule has 3 heterocycles. The Hall–Kier alpha value is -6.98. The van der Waals surface area contributed by atoms with E-state index in [0.717, 1.165) is 60.5 Å². The second-order valence-electron chi connectivity index (χ2n) is 13.1. The molecule has 0 N–H and O–H groups in total. The monoisotopic (exact) mass is 650 g/mol. The van der Waals surface area contributed by atoms with Gasteiger partial charge in [-0.3, -0.25) is 4.98 Å². The van der Waals surface area contributed by atoms with E-state index in [9.17, 15) is 0 Å². The lowest BCUT2D eigenvalue weighted by Crippen LogP contribution is -2.00. The maximum atomic E-state index is 6.24. The van der Waals surface area contributed by atoms with Crippen molar-refractivity contribution in [1.82, 2.24) is 19.9 Å². The Bertz CT molecular complexity index is 3030. The largest absolute Gasteiger partial charge is 0.456 e. The summed E-state index contributed by atoms with van der Waals surface area (Å²) in [6.07, 6.45) is 3.95. The summed E-state index contributed by atoms with van der Waals surface area (Å²) in [6, 6.07) is 50.6. The molecule has 7 aromatic carbocycles. The van der Waals surface area contributed by atoms with Gasteiger partial charge in [-0.25, -0.2) is 15.0 Å². The summed E-state index contributed by atoms with van der Waals surface area (Å²) in [5.41, 5.74) is 11.6. The third-order valence-electron chi connectivity index (χ3n) is 10.1. The predicted octanol–water partition coefficient (Wildman–Crippen LogP) is 11.8. The molecule has 51 heavy (non-hydrogen) atoms. The van der Waals surface area contributed by atoms with Gasteiger partial charge in [0.15, 0.2) is 17.5 Å². The third-order valence-corrected chi connectivity index (χ3v) is 10.1. The number of nitrogens with zero attached hydrogens (tertiary/aromatic N) is 4. The van der Waals surface area contributed by atoms with Gasteiger partial charge in [0, 0.05) is 56.2 Å². The summed E-state index contributed by atoms with van der Waals surface area (Å²) in [5, 5.41) is 6.74. The van der Waals surface area contributed by atoms with Gasteiger partial charge >= 0.3 is 0 Å². The molecule has 0 atom stereocenters. The van der Waals surface area contributed by atoms with Crippen molar-refractivity contribution in [3.05, 3.63) is 158 Å². The van der Waals surface area contributed by atoms with Crippen LogP contribution >= 0.6 is 0 Å². The number of para-hydroxylation sites is 1. The number of rotatable bonds is 4. The van der Waals surface area contributed by atoms with Gasteiger partial charge in [0.1, 0.15) is 11.2 Å². The van der Waals surface area contributed by atoms with Crippen LogP contribution in [0.2, 0.25) is 0 Å². The number of fused-ring (bicyclic) bond motifs is 7. The molecule has 0 fully saturated rings. The number of furan rings is 1. The lowest BCUT2D eigenvalue weighted by molar-refractivity contribution is 0.669. The highest BCUT2D eigenvalue weighted by Crippen LogP contribution is 2.48. The average Bonchev–Trinajstić information content (AvgIpc) is 3.74. The van der Waals surface area contributed by atoms with Gasteiger partial charge in [0.2, 0.25) is 0 Å². The minimum Gasteiger partial charge on any atom is -0.456 e. The van der Waals surface area contributed by atoms with Crippen LogP contribution in [0.25, 0.3) is 111 Å². The van der Waals surface area contributed by atoms with Crippen molar-refractivity contribution in [2.75, 3.05) is 0 Å². The Morgan fingerprint density at radius 1 is 0.353 bits per heavy atom. The SMILES string of the molecule is c1ccc2c(c1)-c1cncc3cc(-c4ccc(-c5nc(-c6ccc7ccccc7c6)nc(-c6cccc7oc8ccccc8c67)n5)cc4)cc-2c13. The van der Waals surface area contributed by atoms with E-state index in [2.05, 4.69) is 120 Å². The smallest absolute Gasteiger partial charge is 0.164 e. The molecule has 0 saturated heterocycles. The Morgan fingerprint density at radius 2 is 1.00 bits per heavy atom. The van der Waals surface area contributed by atoms with Crippen molar-refractivity contribution >= 4 is 43.5 Å². The molecule has 236 valence electrons. The van der Waals surface area contributed by atoms with Gasteiger partial charge in [-0.2, -0.15) is 0 Å². The molecule has 5 heteroatoms. The molecule has 3 aromatic heterocycles. The molecule has 11 rings (SSSR count). The van der Waals surface area contributed by atoms with Crippen LogP contribution < -0.4 is 0 Å². The fraction of sp³-hybridized carbons (Fsp3) is 0. The summed E-state index contributed by atoms with van der Waals surface area (Å²) in [7, 11) is 0. The predicted molar refractivity (Wildman–Crippen MR) is 206 cm³/mol. The Labute approximate surface area is 292 Å². The minimum absolute atomic E-state index is 0.601. The fourth-order valence-electron chi connectivity index (χ4n) is 7.72. The molecular weight excluding hydrogens is 625 g/mol. The Morgan fingerprint density at radius 3 is 1.88 bits per heavy atom. The maximum absolute atomic E-state index is 6.24. The van der Waals surface area contributed by atoms with Gasteiger partial charge in [-0.15, -0.1) is 0 Å². The zero-order valence-electron chi connectivity index (χ0n) is 27.2. The van der Waals surface area contributed by atoms with Gasteiger partial charge in [0.25, 0.3) is 0 Å². The van der Waals surface area contributed by atoms with E-state index in [0.29, 0.717) is 17.5 Å². The van der Waals surface area contributed by atoms with Crippen molar-refractivity contribution in [3.63, 3.8) is 0 Å². The summed E-state index contributed by atoms with van der Waals surface area (Å²) in [6.45, 7) is 0. The number of aromatic nitrogens is 4. The van der Waals surface area contributed by atoms with Gasteiger partial charge in [0.05, 0.1) is 0 Å². The molecule has 1 aliphatic carbocycles. The molecule has 0 spiro atoms. The van der Waals surface area contributed by atoms with Crippen LogP contribution in [0.1, 0.15) is 0 Å². The highest BCUT2D eigenvalue weighted by molar-refractivity contribution is 6.16. The topological polar surface area (TPSA) is 64.7 Å². The first-order valence-corrected chi connectivity index (χ1v) is 17.0. The van der Waals surface area contributed by atoms with Gasteiger partial charge in [-0.05, 0) is 68.9 Å². The van der Waals surface area contributed by atoms with E-state index in [1.165, 1.54) is 33.0 Å². The van der Waals surface area contributed by atoms with Crippen LogP contribution in [0, 0.1) is 0 Å². The molecule has 0 bridgehead atoms. The van der Waals surface area contributed by atoms with E-state index < -0.39 is 0 Å². The second-order valence-corrected chi connectivity index (χ2v) is 13.1. The first kappa shape index (κ1) is 27.9. The number of benzene rings is 7. The molecule has 5 nitrogen and oxygen atoms in total. The first-order chi connectivity index (χ1) is 25.2. The van der Waals surface area contributed by atoms with E-state index in [4.69, 9.17) is 19.4 Å². The van der Waals surface area contributed by atoms with Crippen LogP contribution in [-0.2, 0) is 0 Å². The molecule has 0 radical (unpaired) electrons. The zero-order valence-corrected chi connectivity index (χ0v) is 27.2. The summed E-state index contributed by atoms with van der Waals surface area (Å²) in [5.74, 6) is 1.83. The van der Waals surface area contributed by atoms with E-state index in [1.807, 2.05) is 42.7 Å². The Balaban J connectivity index is 1.07. The molecule has 1 aliphatic rings. The first-order valence-electron chi connectivity index (χ1n) is 17.0. The molecule has 0 amide bonds. The Kier molecular flexibility index (Phi) is 5.89. The second kappa shape index (κ2) is 10.8. The molecule has 10 aromatic rings. The third kappa shape index (κ3) is 4.35. The van der Waals surface area contributed by atoms with Crippen molar-refractivity contribution in [3.8, 4) is 67.5 Å². The summed E-state index contributed by atoms with van der Waals surface area (Å²) < 4.78 is 6.24. The molecule has 0 unspecified atom stereocenters. The average molecular weight is 651 g/mol. The summed E-state index contributed by atoms with van der Waals surface area (Å²) in [4.78, 5) is 19.9. The van der Waals surface area contributed by atoms with Crippen LogP contribution in [0.4, 0.5) is 0 Å². The highest BCUT2D eigenvalue weighted by Gasteiger charge is 2.23. The molecule has 0 saturated carbocycles.